The zero-order valence-corrected chi connectivity index (χ0v) is 17.1. The molecule has 3 aromatic heterocycles. The summed E-state index contributed by atoms with van der Waals surface area (Å²) in [7, 11) is 1.98. The lowest BCUT2D eigenvalue weighted by atomic mass is 10.0. The summed E-state index contributed by atoms with van der Waals surface area (Å²) in [6, 6.07) is 8.30. The minimum atomic E-state index is 0.385. The van der Waals surface area contributed by atoms with Gasteiger partial charge < -0.3 is 20.5 Å². The van der Waals surface area contributed by atoms with Gasteiger partial charge in [0.05, 0.1) is 23.1 Å². The molecule has 1 saturated heterocycles. The van der Waals surface area contributed by atoms with E-state index < -0.39 is 0 Å². The molecule has 4 heterocycles. The molecule has 0 unspecified atom stereocenters. The van der Waals surface area contributed by atoms with E-state index in [2.05, 4.69) is 30.4 Å². The zero-order valence-electron chi connectivity index (χ0n) is 17.1. The van der Waals surface area contributed by atoms with E-state index in [0.29, 0.717) is 6.04 Å². The van der Waals surface area contributed by atoms with E-state index in [0.717, 1.165) is 71.4 Å². The smallest absolute Gasteiger partial charge is 0.165 e. The molecule has 4 N–H and O–H groups in total. The fraction of sp³-hybridized carbons (Fsp3) is 0.333. The number of aromatic nitrogens is 6. The molecule has 1 fully saturated rings. The summed E-state index contributed by atoms with van der Waals surface area (Å²) < 4.78 is 2.00. The first kappa shape index (κ1) is 18.4. The maximum absolute atomic E-state index is 6.08. The second-order valence-electron chi connectivity index (χ2n) is 7.77. The van der Waals surface area contributed by atoms with Crippen molar-refractivity contribution in [3.05, 3.63) is 42.5 Å². The number of H-pyrrole nitrogens is 1. The van der Waals surface area contributed by atoms with Gasteiger partial charge in [-0.1, -0.05) is 12.1 Å². The number of para-hydroxylation sites is 2. The van der Waals surface area contributed by atoms with Gasteiger partial charge >= 0.3 is 0 Å². The summed E-state index contributed by atoms with van der Waals surface area (Å²) >= 11 is 0. The van der Waals surface area contributed by atoms with Gasteiger partial charge in [-0.2, -0.15) is 5.10 Å². The fourth-order valence-corrected chi connectivity index (χ4v) is 4.12. The summed E-state index contributed by atoms with van der Waals surface area (Å²) in [5, 5.41) is 10.7. The monoisotopic (exact) mass is 403 g/mol. The molecule has 0 atom stereocenters. The fourth-order valence-electron chi connectivity index (χ4n) is 4.12. The van der Waals surface area contributed by atoms with Crippen LogP contribution in [-0.2, 0) is 7.05 Å². The Labute approximate surface area is 174 Å². The van der Waals surface area contributed by atoms with Crippen LogP contribution in [0.25, 0.3) is 22.6 Å². The quantitative estimate of drug-likeness (QED) is 0.449. The van der Waals surface area contributed by atoms with Gasteiger partial charge in [-0.15, -0.1) is 0 Å². The Kier molecular flexibility index (Phi) is 4.50. The topological polar surface area (TPSA) is 114 Å². The third-order valence-electron chi connectivity index (χ3n) is 5.82. The number of hydrogen-bond acceptors (Lipinski definition) is 7. The average Bonchev–Trinajstić information content (AvgIpc) is 3.33. The number of imidazole rings is 1. The van der Waals surface area contributed by atoms with Crippen molar-refractivity contribution in [2.24, 2.45) is 7.05 Å². The van der Waals surface area contributed by atoms with Crippen LogP contribution in [0.4, 0.5) is 17.2 Å². The number of nitrogens with zero attached hydrogens (tertiary/aromatic N) is 6. The standard InChI is InChI=1S/C21H25N9/c1-13-15(11-25-28-13)19-27-18-20(29(19)2)23-12-24-21(18)30-9-7-14(8-10-30)26-17-6-4-3-5-16(17)22/h3-6,11-12,14,26H,7-10,22H2,1-2H3,(H,25,28). The van der Waals surface area contributed by atoms with Gasteiger partial charge in [-0.3, -0.25) is 5.10 Å². The molecular formula is C21H25N9. The van der Waals surface area contributed by atoms with Crippen molar-refractivity contribution in [3.63, 3.8) is 0 Å². The van der Waals surface area contributed by atoms with E-state index in [1.54, 1.807) is 12.5 Å². The number of fused-ring (bicyclic) bond motifs is 1. The SMILES string of the molecule is Cc1[nH]ncc1-c1nc2c(N3CCC(Nc4ccccc4N)CC3)ncnc2n1C. The van der Waals surface area contributed by atoms with Crippen molar-refractivity contribution < 1.29 is 0 Å². The first-order chi connectivity index (χ1) is 14.6. The normalized spacial score (nSPS) is 15.1. The Bertz CT molecular complexity index is 1180. The van der Waals surface area contributed by atoms with Crippen LogP contribution in [0.1, 0.15) is 18.5 Å². The maximum atomic E-state index is 6.08. The van der Waals surface area contributed by atoms with E-state index in [1.165, 1.54) is 0 Å². The maximum Gasteiger partial charge on any atom is 0.165 e. The lowest BCUT2D eigenvalue weighted by molar-refractivity contribution is 0.524. The molecule has 154 valence electrons. The molecule has 4 aromatic rings. The number of benzene rings is 1. The minimum Gasteiger partial charge on any atom is -0.397 e. The van der Waals surface area contributed by atoms with Crippen molar-refractivity contribution in [2.45, 2.75) is 25.8 Å². The molecular weight excluding hydrogens is 378 g/mol. The van der Waals surface area contributed by atoms with Crippen LogP contribution >= 0.6 is 0 Å². The number of nitrogens with one attached hydrogen (secondary N) is 2. The first-order valence-electron chi connectivity index (χ1n) is 10.2. The number of rotatable bonds is 4. The van der Waals surface area contributed by atoms with Crippen molar-refractivity contribution in [3.8, 4) is 11.4 Å². The Hall–Kier alpha value is -3.62. The highest BCUT2D eigenvalue weighted by atomic mass is 15.2. The highest BCUT2D eigenvalue weighted by Gasteiger charge is 2.24. The lowest BCUT2D eigenvalue weighted by Crippen LogP contribution is -2.39. The Morgan fingerprint density at radius 1 is 1.17 bits per heavy atom. The number of aryl methyl sites for hydroxylation is 2. The Morgan fingerprint density at radius 2 is 1.97 bits per heavy atom. The number of aromatic amines is 1. The van der Waals surface area contributed by atoms with Gasteiger partial charge in [0.2, 0.25) is 0 Å². The molecule has 0 radical (unpaired) electrons. The third-order valence-corrected chi connectivity index (χ3v) is 5.82. The average molecular weight is 403 g/mol. The molecule has 9 nitrogen and oxygen atoms in total. The molecule has 5 rings (SSSR count). The molecule has 1 aromatic carbocycles. The number of hydrogen-bond donors (Lipinski definition) is 3. The molecule has 0 saturated carbocycles. The van der Waals surface area contributed by atoms with Gasteiger partial charge in [-0.05, 0) is 31.9 Å². The number of anilines is 3. The predicted octanol–water partition coefficient (Wildman–Crippen LogP) is 2.72. The molecule has 1 aliphatic rings. The summed E-state index contributed by atoms with van der Waals surface area (Å²) in [6.07, 6.45) is 5.43. The van der Waals surface area contributed by atoms with Crippen LogP contribution < -0.4 is 16.0 Å². The first-order valence-corrected chi connectivity index (χ1v) is 10.2. The van der Waals surface area contributed by atoms with E-state index in [-0.39, 0.29) is 0 Å². The number of nitrogen functional groups attached to an aromatic ring is 1. The van der Waals surface area contributed by atoms with Crippen LogP contribution in [0.5, 0.6) is 0 Å². The summed E-state index contributed by atoms with van der Waals surface area (Å²) in [5.41, 5.74) is 11.5. The third kappa shape index (κ3) is 3.12. The molecule has 0 bridgehead atoms. The van der Waals surface area contributed by atoms with Gasteiger partial charge in [0.15, 0.2) is 17.0 Å². The molecule has 0 aliphatic carbocycles. The van der Waals surface area contributed by atoms with Crippen LogP contribution in [-0.4, -0.2) is 48.8 Å². The minimum absolute atomic E-state index is 0.385. The van der Waals surface area contributed by atoms with E-state index in [4.69, 9.17) is 10.7 Å². The largest absolute Gasteiger partial charge is 0.397 e. The van der Waals surface area contributed by atoms with Crippen LogP contribution in [0.3, 0.4) is 0 Å². The molecule has 0 amide bonds. The Balaban J connectivity index is 1.38. The lowest BCUT2D eigenvalue weighted by Gasteiger charge is -2.33. The van der Waals surface area contributed by atoms with Crippen LogP contribution in [0.2, 0.25) is 0 Å². The summed E-state index contributed by atoms with van der Waals surface area (Å²) in [5.74, 6) is 1.73. The second kappa shape index (κ2) is 7.33. The van der Waals surface area contributed by atoms with Gasteiger partial charge in [0.25, 0.3) is 0 Å². The van der Waals surface area contributed by atoms with E-state index >= 15 is 0 Å². The zero-order chi connectivity index (χ0) is 20.7. The molecule has 9 heteroatoms. The molecule has 1 aliphatic heterocycles. The predicted molar refractivity (Wildman–Crippen MR) is 118 cm³/mol. The van der Waals surface area contributed by atoms with Crippen LogP contribution in [0.15, 0.2) is 36.8 Å². The molecule has 0 spiro atoms. The van der Waals surface area contributed by atoms with E-state index in [1.807, 2.05) is 42.8 Å². The van der Waals surface area contributed by atoms with Gasteiger partial charge in [0.1, 0.15) is 12.2 Å². The van der Waals surface area contributed by atoms with Crippen molar-refractivity contribution in [1.29, 1.82) is 0 Å². The second-order valence-corrected chi connectivity index (χ2v) is 7.77. The van der Waals surface area contributed by atoms with Crippen molar-refractivity contribution in [1.82, 2.24) is 29.7 Å². The summed E-state index contributed by atoms with van der Waals surface area (Å²) in [4.78, 5) is 16.3. The van der Waals surface area contributed by atoms with Crippen LogP contribution in [0, 0.1) is 6.92 Å². The van der Waals surface area contributed by atoms with Crippen molar-refractivity contribution >= 4 is 28.4 Å². The highest BCUT2D eigenvalue weighted by molar-refractivity contribution is 5.87. The highest BCUT2D eigenvalue weighted by Crippen LogP contribution is 2.30. The van der Waals surface area contributed by atoms with Crippen molar-refractivity contribution in [2.75, 3.05) is 29.0 Å². The van der Waals surface area contributed by atoms with E-state index in [9.17, 15) is 0 Å². The van der Waals surface area contributed by atoms with Gasteiger partial charge in [-0.25, -0.2) is 15.0 Å². The Morgan fingerprint density at radius 3 is 2.70 bits per heavy atom. The number of piperidine rings is 1. The summed E-state index contributed by atoms with van der Waals surface area (Å²) in [6.45, 7) is 3.78. The van der Waals surface area contributed by atoms with Gasteiger partial charge in [0, 0.05) is 31.9 Å². The number of nitrogens with two attached hydrogens (primary N) is 1. The molecule has 30 heavy (non-hydrogen) atoms.